The van der Waals surface area contributed by atoms with Crippen LogP contribution in [0.3, 0.4) is 0 Å². The van der Waals surface area contributed by atoms with Crippen molar-refractivity contribution < 1.29 is 19.4 Å². The summed E-state index contributed by atoms with van der Waals surface area (Å²) in [5.74, 6) is -1.16. The molecule has 0 saturated carbocycles. The van der Waals surface area contributed by atoms with Crippen LogP contribution in [0.5, 0.6) is 0 Å². The minimum absolute atomic E-state index is 0.180. The third-order valence-corrected chi connectivity index (χ3v) is 4.45. The van der Waals surface area contributed by atoms with E-state index >= 15 is 0 Å². The van der Waals surface area contributed by atoms with Gasteiger partial charge in [0.1, 0.15) is 0 Å². The van der Waals surface area contributed by atoms with Gasteiger partial charge in [0.15, 0.2) is 0 Å². The van der Waals surface area contributed by atoms with Crippen LogP contribution >= 0.6 is 0 Å². The Labute approximate surface area is 152 Å². The molecule has 6 nitrogen and oxygen atoms in total. The summed E-state index contributed by atoms with van der Waals surface area (Å²) >= 11 is 0. The number of nitrogens with one attached hydrogen (secondary N) is 1. The zero-order valence-electron chi connectivity index (χ0n) is 14.7. The van der Waals surface area contributed by atoms with Crippen molar-refractivity contribution in [2.75, 3.05) is 31.2 Å². The summed E-state index contributed by atoms with van der Waals surface area (Å²) in [6.07, 6.45) is 0. The molecule has 0 unspecified atom stereocenters. The average Bonchev–Trinajstić information content (AvgIpc) is 2.67. The molecule has 1 amide bonds. The molecule has 1 heterocycles. The fourth-order valence-electron chi connectivity index (χ4n) is 2.99. The Morgan fingerprint density at radius 1 is 1.12 bits per heavy atom. The molecule has 0 spiro atoms. The quantitative estimate of drug-likeness (QED) is 0.862. The van der Waals surface area contributed by atoms with Crippen molar-refractivity contribution in [1.82, 2.24) is 5.32 Å². The molecular formula is C20H22N2O4. The maximum absolute atomic E-state index is 12.5. The summed E-state index contributed by atoms with van der Waals surface area (Å²) in [4.78, 5) is 25.8. The topological polar surface area (TPSA) is 78.9 Å². The van der Waals surface area contributed by atoms with E-state index in [1.807, 2.05) is 25.1 Å². The van der Waals surface area contributed by atoms with Crippen molar-refractivity contribution in [2.45, 2.75) is 13.5 Å². The maximum Gasteiger partial charge on any atom is 0.335 e. The van der Waals surface area contributed by atoms with E-state index in [9.17, 15) is 9.59 Å². The predicted molar refractivity (Wildman–Crippen MR) is 98.8 cm³/mol. The van der Waals surface area contributed by atoms with Gasteiger partial charge in [-0.05, 0) is 42.3 Å². The normalized spacial score (nSPS) is 14.1. The van der Waals surface area contributed by atoms with E-state index in [2.05, 4.69) is 10.2 Å². The van der Waals surface area contributed by atoms with Crippen molar-refractivity contribution in [3.05, 3.63) is 64.7 Å². The van der Waals surface area contributed by atoms with Crippen LogP contribution in [0.4, 0.5) is 5.69 Å². The monoisotopic (exact) mass is 354 g/mol. The second kappa shape index (κ2) is 8.01. The molecule has 6 heteroatoms. The minimum atomic E-state index is -0.980. The van der Waals surface area contributed by atoms with Crippen LogP contribution in [0, 0.1) is 6.92 Å². The van der Waals surface area contributed by atoms with Gasteiger partial charge in [0.05, 0.1) is 18.8 Å². The van der Waals surface area contributed by atoms with Crippen LogP contribution in [0.25, 0.3) is 0 Å². The first-order chi connectivity index (χ1) is 12.5. The molecule has 2 N–H and O–H groups in total. The molecule has 3 rings (SSSR count). The number of morpholine rings is 1. The van der Waals surface area contributed by atoms with E-state index in [1.54, 1.807) is 18.2 Å². The number of hydrogen-bond acceptors (Lipinski definition) is 4. The lowest BCUT2D eigenvalue weighted by molar-refractivity contribution is 0.0696. The Hall–Kier alpha value is -2.86. The lowest BCUT2D eigenvalue weighted by atomic mass is 10.1. The molecule has 136 valence electrons. The molecule has 0 aliphatic carbocycles. The summed E-state index contributed by atoms with van der Waals surface area (Å²) in [7, 11) is 0. The number of hydrogen-bond donors (Lipinski definition) is 2. The fourth-order valence-corrected chi connectivity index (χ4v) is 2.99. The maximum atomic E-state index is 12.5. The van der Waals surface area contributed by atoms with Crippen molar-refractivity contribution in [3.8, 4) is 0 Å². The number of nitrogens with zero attached hydrogens (tertiary/aromatic N) is 1. The molecule has 0 atom stereocenters. The van der Waals surface area contributed by atoms with E-state index in [4.69, 9.17) is 9.84 Å². The van der Waals surface area contributed by atoms with Gasteiger partial charge in [0.2, 0.25) is 0 Å². The van der Waals surface area contributed by atoms with Crippen LogP contribution in [-0.4, -0.2) is 43.3 Å². The Morgan fingerprint density at radius 2 is 1.88 bits per heavy atom. The van der Waals surface area contributed by atoms with Crippen molar-refractivity contribution in [1.29, 1.82) is 0 Å². The number of benzene rings is 2. The SMILES string of the molecule is Cc1ccc(C(=O)NCc2cccc(C(=O)O)c2)cc1N1CCOCC1. The Bertz CT molecular complexity index is 813. The summed E-state index contributed by atoms with van der Waals surface area (Å²) in [6.45, 7) is 5.32. The molecule has 2 aromatic rings. The Balaban J connectivity index is 1.70. The molecule has 0 aromatic heterocycles. The average molecular weight is 354 g/mol. The second-order valence-electron chi connectivity index (χ2n) is 6.29. The number of aromatic carboxylic acids is 1. The molecule has 1 saturated heterocycles. The van der Waals surface area contributed by atoms with Gasteiger partial charge in [-0.25, -0.2) is 4.79 Å². The van der Waals surface area contributed by atoms with Crippen LogP contribution in [0.1, 0.15) is 31.8 Å². The molecule has 0 bridgehead atoms. The number of carboxylic acids is 1. The summed E-state index contributed by atoms with van der Waals surface area (Å²) in [5.41, 5.74) is 3.72. The number of carbonyl (C=O) groups is 2. The van der Waals surface area contributed by atoms with Gasteiger partial charge in [-0.2, -0.15) is 0 Å². The highest BCUT2D eigenvalue weighted by Crippen LogP contribution is 2.22. The molecular weight excluding hydrogens is 332 g/mol. The van der Waals surface area contributed by atoms with Crippen LogP contribution in [0.15, 0.2) is 42.5 Å². The lowest BCUT2D eigenvalue weighted by Crippen LogP contribution is -2.36. The molecule has 26 heavy (non-hydrogen) atoms. The van der Waals surface area contributed by atoms with Crippen LogP contribution in [-0.2, 0) is 11.3 Å². The zero-order chi connectivity index (χ0) is 18.5. The number of carbonyl (C=O) groups excluding carboxylic acids is 1. The number of aryl methyl sites for hydroxylation is 1. The van der Waals surface area contributed by atoms with E-state index in [0.717, 1.165) is 29.9 Å². The largest absolute Gasteiger partial charge is 0.478 e. The number of rotatable bonds is 5. The number of ether oxygens (including phenoxy) is 1. The minimum Gasteiger partial charge on any atom is -0.478 e. The first kappa shape index (κ1) is 17.9. The van der Waals surface area contributed by atoms with Crippen molar-refractivity contribution in [2.24, 2.45) is 0 Å². The van der Waals surface area contributed by atoms with Gasteiger partial charge < -0.3 is 20.1 Å². The second-order valence-corrected chi connectivity index (χ2v) is 6.29. The van der Waals surface area contributed by atoms with E-state index in [0.29, 0.717) is 18.8 Å². The highest BCUT2D eigenvalue weighted by atomic mass is 16.5. The predicted octanol–water partition coefficient (Wildman–Crippen LogP) is 2.46. The molecule has 1 aliphatic rings. The van der Waals surface area contributed by atoms with Gasteiger partial charge in [-0.15, -0.1) is 0 Å². The first-order valence-corrected chi connectivity index (χ1v) is 8.58. The van der Waals surface area contributed by atoms with E-state index in [1.165, 1.54) is 6.07 Å². The standard InChI is InChI=1S/C20H22N2O4/c1-14-5-6-16(12-18(14)22-7-9-26-10-8-22)19(23)21-13-15-3-2-4-17(11-15)20(24)25/h2-6,11-12H,7-10,13H2,1H3,(H,21,23)(H,24,25). The summed E-state index contributed by atoms with van der Waals surface area (Å²) < 4.78 is 5.39. The molecule has 1 aliphatic heterocycles. The smallest absolute Gasteiger partial charge is 0.335 e. The molecule has 2 aromatic carbocycles. The highest BCUT2D eigenvalue weighted by molar-refractivity contribution is 5.95. The Kier molecular flexibility index (Phi) is 5.53. The van der Waals surface area contributed by atoms with E-state index in [-0.39, 0.29) is 18.0 Å². The summed E-state index contributed by atoms with van der Waals surface area (Å²) in [6, 6.07) is 12.2. The number of anilines is 1. The van der Waals surface area contributed by atoms with Crippen molar-refractivity contribution in [3.63, 3.8) is 0 Å². The zero-order valence-corrected chi connectivity index (χ0v) is 14.7. The number of carboxylic acid groups (broad SMARTS) is 1. The van der Waals surface area contributed by atoms with Crippen LogP contribution < -0.4 is 10.2 Å². The third-order valence-electron chi connectivity index (χ3n) is 4.45. The fraction of sp³-hybridized carbons (Fsp3) is 0.300. The lowest BCUT2D eigenvalue weighted by Gasteiger charge is -2.30. The van der Waals surface area contributed by atoms with Gasteiger partial charge in [0.25, 0.3) is 5.91 Å². The van der Waals surface area contributed by atoms with Gasteiger partial charge in [0, 0.05) is 30.9 Å². The molecule has 1 fully saturated rings. The Morgan fingerprint density at radius 3 is 2.62 bits per heavy atom. The van der Waals surface area contributed by atoms with Gasteiger partial charge >= 0.3 is 5.97 Å². The summed E-state index contributed by atoms with van der Waals surface area (Å²) in [5, 5.41) is 11.9. The highest BCUT2D eigenvalue weighted by Gasteiger charge is 2.15. The first-order valence-electron chi connectivity index (χ1n) is 8.58. The van der Waals surface area contributed by atoms with Crippen molar-refractivity contribution >= 4 is 17.6 Å². The van der Waals surface area contributed by atoms with Gasteiger partial charge in [-0.3, -0.25) is 4.79 Å². The third kappa shape index (κ3) is 4.21. The molecule has 0 radical (unpaired) electrons. The van der Waals surface area contributed by atoms with Gasteiger partial charge in [-0.1, -0.05) is 18.2 Å². The van der Waals surface area contributed by atoms with E-state index < -0.39 is 5.97 Å². The number of amides is 1. The van der Waals surface area contributed by atoms with Crippen LogP contribution in [0.2, 0.25) is 0 Å².